The molecular weight excluding hydrogens is 346 g/mol. The van der Waals surface area contributed by atoms with Crippen LogP contribution in [0.2, 0.25) is 5.02 Å². The Morgan fingerprint density at radius 3 is 2.85 bits per heavy atom. The summed E-state index contributed by atoms with van der Waals surface area (Å²) < 4.78 is 2.23. The molecule has 3 aromatic rings. The number of imidazole rings is 1. The Bertz CT molecular complexity index is 926. The number of rotatable bonds is 5. The zero-order chi connectivity index (χ0) is 17.9. The Kier molecular flexibility index (Phi) is 4.76. The highest BCUT2D eigenvalue weighted by Gasteiger charge is 2.14. The summed E-state index contributed by atoms with van der Waals surface area (Å²) in [6.45, 7) is 1.56. The molecule has 2 aromatic carbocycles. The zero-order valence-electron chi connectivity index (χ0n) is 14.4. The van der Waals surface area contributed by atoms with Crippen LogP contribution in [0.4, 0.5) is 0 Å². The van der Waals surface area contributed by atoms with Gasteiger partial charge in [-0.3, -0.25) is 4.79 Å². The Labute approximate surface area is 157 Å². The summed E-state index contributed by atoms with van der Waals surface area (Å²) in [4.78, 5) is 16.9. The molecule has 0 unspecified atom stereocenters. The normalized spacial score (nSPS) is 12.8. The topological polar surface area (TPSA) is 46.9 Å². The minimum atomic E-state index is -0.0152. The molecule has 1 aromatic heterocycles. The molecule has 1 N–H and O–H groups in total. The second kappa shape index (κ2) is 7.34. The van der Waals surface area contributed by atoms with Crippen LogP contribution in [0.25, 0.3) is 11.3 Å². The first-order chi connectivity index (χ1) is 12.7. The van der Waals surface area contributed by atoms with E-state index in [0.29, 0.717) is 18.0 Å². The number of nitrogens with one attached hydrogen (secondary N) is 1. The van der Waals surface area contributed by atoms with E-state index in [2.05, 4.69) is 28.2 Å². The van der Waals surface area contributed by atoms with E-state index in [1.165, 1.54) is 12.2 Å². The Morgan fingerprint density at radius 2 is 2.00 bits per heavy atom. The number of fused-ring (bicyclic) bond motifs is 1. The lowest BCUT2D eigenvalue weighted by Crippen LogP contribution is -2.24. The van der Waals surface area contributed by atoms with Gasteiger partial charge in [-0.1, -0.05) is 41.9 Å². The lowest BCUT2D eigenvalue weighted by atomic mass is 10.1. The van der Waals surface area contributed by atoms with Crippen LogP contribution in [0.5, 0.6) is 0 Å². The van der Waals surface area contributed by atoms with Crippen molar-refractivity contribution in [1.82, 2.24) is 14.9 Å². The third-order valence-electron chi connectivity index (χ3n) is 4.62. The fraction of sp³-hybridized carbons (Fsp3) is 0.238. The van der Waals surface area contributed by atoms with E-state index in [1.54, 1.807) is 6.07 Å². The number of nitrogens with zero attached hydrogens (tertiary/aromatic N) is 2. The highest BCUT2D eigenvalue weighted by Crippen LogP contribution is 2.23. The first-order valence-corrected chi connectivity index (χ1v) is 9.22. The molecule has 1 aliphatic rings. The van der Waals surface area contributed by atoms with Crippen molar-refractivity contribution in [2.24, 2.45) is 0 Å². The molecule has 0 radical (unpaired) electrons. The zero-order valence-corrected chi connectivity index (χ0v) is 15.2. The Balaban J connectivity index is 1.40. The summed E-state index contributed by atoms with van der Waals surface area (Å²) in [5.41, 5.74) is 4.08. The van der Waals surface area contributed by atoms with Crippen molar-refractivity contribution in [3.63, 3.8) is 0 Å². The van der Waals surface area contributed by atoms with Gasteiger partial charge in [0.2, 0.25) is 5.91 Å². The summed E-state index contributed by atoms with van der Waals surface area (Å²) in [6, 6.07) is 15.6. The average molecular weight is 366 g/mol. The Morgan fingerprint density at radius 1 is 1.15 bits per heavy atom. The van der Waals surface area contributed by atoms with Gasteiger partial charge in [0, 0.05) is 36.3 Å². The lowest BCUT2D eigenvalue weighted by molar-refractivity contribution is -0.120. The fourth-order valence-corrected chi connectivity index (χ4v) is 3.54. The predicted molar refractivity (Wildman–Crippen MR) is 103 cm³/mol. The predicted octanol–water partition coefficient (Wildman–Crippen LogP) is 4.01. The number of aryl methyl sites for hydroxylation is 2. The van der Waals surface area contributed by atoms with Crippen LogP contribution in [0.15, 0.2) is 54.7 Å². The van der Waals surface area contributed by atoms with Crippen LogP contribution in [0.3, 0.4) is 0 Å². The van der Waals surface area contributed by atoms with Crippen molar-refractivity contribution in [3.8, 4) is 11.3 Å². The van der Waals surface area contributed by atoms with Gasteiger partial charge in [0.05, 0.1) is 12.1 Å². The smallest absolute Gasteiger partial charge is 0.224 e. The number of hydrogen-bond donors (Lipinski definition) is 1. The number of carbonyl (C=O) groups excluding carboxylic acids is 1. The van der Waals surface area contributed by atoms with E-state index >= 15 is 0 Å². The molecule has 1 aliphatic heterocycles. The SMILES string of the molecule is O=C(Cc1cccc(Cl)c1)NCc1cccc(-c2cn3c(n2)CCC3)c1. The third-order valence-corrected chi connectivity index (χ3v) is 4.86. The van der Waals surface area contributed by atoms with Crippen LogP contribution < -0.4 is 5.32 Å². The van der Waals surface area contributed by atoms with Gasteiger partial charge in [-0.05, 0) is 35.7 Å². The standard InChI is InChI=1S/C21H20ClN3O/c22-18-7-2-4-15(11-18)12-21(26)23-13-16-5-1-6-17(10-16)19-14-25-9-3-8-20(25)24-19/h1-2,4-7,10-11,14H,3,8-9,12-13H2,(H,23,26). The second-order valence-electron chi connectivity index (χ2n) is 6.62. The molecule has 132 valence electrons. The number of amides is 1. The van der Waals surface area contributed by atoms with Gasteiger partial charge >= 0.3 is 0 Å². The number of benzene rings is 2. The van der Waals surface area contributed by atoms with Crippen LogP contribution in [-0.4, -0.2) is 15.5 Å². The molecule has 0 atom stereocenters. The molecule has 26 heavy (non-hydrogen) atoms. The third kappa shape index (κ3) is 3.81. The van der Waals surface area contributed by atoms with Crippen molar-refractivity contribution in [2.75, 3.05) is 0 Å². The molecular formula is C21H20ClN3O. The molecule has 1 amide bonds. The van der Waals surface area contributed by atoms with Crippen LogP contribution >= 0.6 is 11.6 Å². The van der Waals surface area contributed by atoms with E-state index in [4.69, 9.17) is 16.6 Å². The van der Waals surface area contributed by atoms with Crippen molar-refractivity contribution in [2.45, 2.75) is 32.4 Å². The quantitative estimate of drug-likeness (QED) is 0.742. The van der Waals surface area contributed by atoms with E-state index in [1.807, 2.05) is 30.3 Å². The number of hydrogen-bond acceptors (Lipinski definition) is 2. The average Bonchev–Trinajstić information content (AvgIpc) is 3.22. The maximum atomic E-state index is 12.2. The van der Waals surface area contributed by atoms with E-state index < -0.39 is 0 Å². The summed E-state index contributed by atoms with van der Waals surface area (Å²) in [6.07, 6.45) is 4.69. The fourth-order valence-electron chi connectivity index (χ4n) is 3.33. The van der Waals surface area contributed by atoms with Crippen molar-refractivity contribution < 1.29 is 4.79 Å². The van der Waals surface area contributed by atoms with Crippen molar-refractivity contribution in [3.05, 3.63) is 76.7 Å². The summed E-state index contributed by atoms with van der Waals surface area (Å²) in [7, 11) is 0. The Hall–Kier alpha value is -2.59. The molecule has 0 aliphatic carbocycles. The van der Waals surface area contributed by atoms with Gasteiger partial charge in [-0.15, -0.1) is 0 Å². The minimum absolute atomic E-state index is 0.0152. The summed E-state index contributed by atoms with van der Waals surface area (Å²) in [5, 5.41) is 3.62. The minimum Gasteiger partial charge on any atom is -0.352 e. The molecule has 5 heteroatoms. The monoisotopic (exact) mass is 365 g/mol. The molecule has 0 bridgehead atoms. The van der Waals surface area contributed by atoms with Gasteiger partial charge in [-0.25, -0.2) is 4.98 Å². The van der Waals surface area contributed by atoms with Gasteiger partial charge in [0.15, 0.2) is 0 Å². The van der Waals surface area contributed by atoms with E-state index in [0.717, 1.165) is 35.3 Å². The molecule has 0 saturated heterocycles. The molecule has 0 fully saturated rings. The molecule has 0 saturated carbocycles. The highest BCUT2D eigenvalue weighted by molar-refractivity contribution is 6.30. The molecule has 2 heterocycles. The lowest BCUT2D eigenvalue weighted by Gasteiger charge is -2.07. The summed E-state index contributed by atoms with van der Waals surface area (Å²) in [5.74, 6) is 1.15. The summed E-state index contributed by atoms with van der Waals surface area (Å²) >= 11 is 5.96. The van der Waals surface area contributed by atoms with Gasteiger partial charge in [0.1, 0.15) is 5.82 Å². The first-order valence-electron chi connectivity index (χ1n) is 8.84. The molecule has 4 rings (SSSR count). The largest absolute Gasteiger partial charge is 0.352 e. The van der Waals surface area contributed by atoms with Crippen molar-refractivity contribution in [1.29, 1.82) is 0 Å². The van der Waals surface area contributed by atoms with Crippen LogP contribution in [0.1, 0.15) is 23.4 Å². The van der Waals surface area contributed by atoms with Crippen LogP contribution in [0, 0.1) is 0 Å². The van der Waals surface area contributed by atoms with Crippen molar-refractivity contribution >= 4 is 17.5 Å². The van der Waals surface area contributed by atoms with E-state index in [9.17, 15) is 4.79 Å². The van der Waals surface area contributed by atoms with Gasteiger partial charge in [-0.2, -0.15) is 0 Å². The maximum Gasteiger partial charge on any atom is 0.224 e. The highest BCUT2D eigenvalue weighted by atomic mass is 35.5. The number of halogens is 1. The molecule has 0 spiro atoms. The first kappa shape index (κ1) is 16.9. The van der Waals surface area contributed by atoms with Gasteiger partial charge < -0.3 is 9.88 Å². The maximum absolute atomic E-state index is 12.2. The molecule has 4 nitrogen and oxygen atoms in total. The number of aromatic nitrogens is 2. The van der Waals surface area contributed by atoms with Gasteiger partial charge in [0.25, 0.3) is 0 Å². The van der Waals surface area contributed by atoms with Crippen LogP contribution in [-0.2, 0) is 30.7 Å². The van der Waals surface area contributed by atoms with E-state index in [-0.39, 0.29) is 5.91 Å². The second-order valence-corrected chi connectivity index (χ2v) is 7.06. The number of carbonyl (C=O) groups is 1.